The number of hydrogen-bond acceptors (Lipinski definition) is 5. The van der Waals surface area contributed by atoms with Crippen molar-refractivity contribution in [2.45, 2.75) is 78.2 Å². The van der Waals surface area contributed by atoms with Gasteiger partial charge >= 0.3 is 5.97 Å². The minimum atomic E-state index is -0.959. The molecule has 0 spiro atoms. The number of aliphatic hydroxyl groups excluding tert-OH is 2. The highest BCUT2D eigenvalue weighted by Crippen LogP contribution is 2.32. The lowest BCUT2D eigenvalue weighted by molar-refractivity contribution is -0.152. The molecule has 0 aromatic heterocycles. The quantitative estimate of drug-likeness (QED) is 0.555. The predicted molar refractivity (Wildman–Crippen MR) is 116 cm³/mol. The Kier molecular flexibility index (Phi) is 7.99. The third-order valence-electron chi connectivity index (χ3n) is 5.32. The first-order chi connectivity index (χ1) is 13.9. The molecule has 1 aliphatic rings. The summed E-state index contributed by atoms with van der Waals surface area (Å²) in [4.78, 5) is 11.6. The number of carbonyl (C=O) groups is 1. The Morgan fingerprint density at radius 1 is 1.17 bits per heavy atom. The van der Waals surface area contributed by atoms with E-state index in [1.807, 2.05) is 32.1 Å². The van der Waals surface area contributed by atoms with Crippen molar-refractivity contribution in [2.24, 2.45) is 5.92 Å². The summed E-state index contributed by atoms with van der Waals surface area (Å²) < 4.78 is 11.9. The Hall–Kier alpha value is -1.99. The summed E-state index contributed by atoms with van der Waals surface area (Å²) in [5.41, 5.74) is 2.63. The molecule has 0 radical (unpaired) electrons. The lowest BCUT2D eigenvalue weighted by Crippen LogP contribution is -2.34. The number of rotatable bonds is 8. The van der Waals surface area contributed by atoms with E-state index in [1.165, 1.54) is 0 Å². The van der Waals surface area contributed by atoms with Crippen LogP contribution in [-0.2, 0) is 9.47 Å². The summed E-state index contributed by atoms with van der Waals surface area (Å²) in [6.07, 6.45) is 5.15. The molecular weight excluding hydrogens is 384 g/mol. The van der Waals surface area contributed by atoms with Gasteiger partial charge in [-0.05, 0) is 58.1 Å². The number of carboxylic acids is 1. The summed E-state index contributed by atoms with van der Waals surface area (Å²) in [6.45, 7) is 10.9. The molecule has 2 rings (SSSR count). The number of aromatic carboxylic acids is 1. The molecule has 1 saturated heterocycles. The molecule has 0 aliphatic carbocycles. The maximum atomic E-state index is 11.6. The van der Waals surface area contributed by atoms with Crippen molar-refractivity contribution in [1.82, 2.24) is 0 Å². The third-order valence-corrected chi connectivity index (χ3v) is 5.32. The smallest absolute Gasteiger partial charge is 0.336 e. The van der Waals surface area contributed by atoms with Gasteiger partial charge in [0.1, 0.15) is 12.2 Å². The van der Waals surface area contributed by atoms with Crippen molar-refractivity contribution in [1.29, 1.82) is 0 Å². The van der Waals surface area contributed by atoms with E-state index in [9.17, 15) is 20.1 Å². The van der Waals surface area contributed by atoms with Gasteiger partial charge in [0.05, 0.1) is 17.8 Å². The highest BCUT2D eigenvalue weighted by Gasteiger charge is 2.43. The summed E-state index contributed by atoms with van der Waals surface area (Å²) in [5.74, 6) is -1.88. The average Bonchev–Trinajstić information content (AvgIpc) is 2.93. The third kappa shape index (κ3) is 6.25. The number of hydrogen-bond donors (Lipinski definition) is 3. The average molecular weight is 419 g/mol. The van der Waals surface area contributed by atoms with Crippen LogP contribution in [0.15, 0.2) is 30.4 Å². The van der Waals surface area contributed by atoms with Crippen LogP contribution >= 0.6 is 0 Å². The second kappa shape index (κ2) is 9.88. The fourth-order valence-corrected chi connectivity index (χ4v) is 3.65. The zero-order valence-corrected chi connectivity index (χ0v) is 18.6. The minimum Gasteiger partial charge on any atom is -0.478 e. The van der Waals surface area contributed by atoms with Crippen molar-refractivity contribution in [2.75, 3.05) is 0 Å². The van der Waals surface area contributed by atoms with E-state index in [0.717, 1.165) is 11.1 Å². The maximum Gasteiger partial charge on any atom is 0.336 e. The Morgan fingerprint density at radius 3 is 2.43 bits per heavy atom. The van der Waals surface area contributed by atoms with Crippen molar-refractivity contribution in [3.8, 4) is 0 Å². The van der Waals surface area contributed by atoms with E-state index in [-0.39, 0.29) is 11.5 Å². The number of carboxylic acid groups (broad SMARTS) is 1. The molecule has 6 heteroatoms. The predicted octanol–water partition coefficient (Wildman–Crippen LogP) is 3.86. The van der Waals surface area contributed by atoms with Gasteiger partial charge in [-0.3, -0.25) is 0 Å². The largest absolute Gasteiger partial charge is 0.478 e. The highest BCUT2D eigenvalue weighted by atomic mass is 16.8. The standard InChI is InChI=1S/C24H34O6/c1-14-12-16(3)21(23(27)28)18(13-14)8-7-9-20-22(30-24(5,6)29-20)19(26)11-10-15(2)17(4)25/h7-8,10-13,15,17,19-20,22,25-26H,9H2,1-6H3,(H,27,28)/b8-7+,11-10-/t15-,17+,19?,20+,22-/m1/s1. The van der Waals surface area contributed by atoms with Crippen molar-refractivity contribution in [3.63, 3.8) is 0 Å². The van der Waals surface area contributed by atoms with Crippen LogP contribution in [0.1, 0.15) is 61.2 Å². The topological polar surface area (TPSA) is 96.2 Å². The van der Waals surface area contributed by atoms with Crippen LogP contribution in [-0.4, -0.2) is 51.5 Å². The van der Waals surface area contributed by atoms with Gasteiger partial charge < -0.3 is 24.8 Å². The highest BCUT2D eigenvalue weighted by molar-refractivity contribution is 5.94. The van der Waals surface area contributed by atoms with Crippen LogP contribution in [0, 0.1) is 19.8 Å². The van der Waals surface area contributed by atoms with Crippen molar-refractivity contribution >= 4 is 12.0 Å². The monoisotopic (exact) mass is 418 g/mol. The summed E-state index contributed by atoms with van der Waals surface area (Å²) in [7, 11) is 0. The first-order valence-corrected chi connectivity index (χ1v) is 10.3. The van der Waals surface area contributed by atoms with E-state index < -0.39 is 36.2 Å². The number of aryl methyl sites for hydroxylation is 2. The van der Waals surface area contributed by atoms with Crippen molar-refractivity contribution < 1.29 is 29.6 Å². The molecule has 6 nitrogen and oxygen atoms in total. The van der Waals surface area contributed by atoms with Crippen LogP contribution < -0.4 is 0 Å². The Morgan fingerprint density at radius 2 is 1.83 bits per heavy atom. The van der Waals surface area contributed by atoms with E-state index in [2.05, 4.69) is 0 Å². The van der Waals surface area contributed by atoms with Gasteiger partial charge in [0.15, 0.2) is 5.79 Å². The maximum absolute atomic E-state index is 11.6. The molecular formula is C24H34O6. The number of ether oxygens (including phenoxy) is 2. The molecule has 1 aliphatic heterocycles. The fourth-order valence-electron chi connectivity index (χ4n) is 3.65. The van der Waals surface area contributed by atoms with Crippen molar-refractivity contribution in [3.05, 3.63) is 52.6 Å². The van der Waals surface area contributed by atoms with Gasteiger partial charge in [-0.15, -0.1) is 0 Å². The van der Waals surface area contributed by atoms with E-state index in [1.54, 1.807) is 45.9 Å². The van der Waals surface area contributed by atoms with Gasteiger partial charge in [0.25, 0.3) is 0 Å². The molecule has 1 aromatic rings. The zero-order valence-electron chi connectivity index (χ0n) is 18.6. The molecule has 1 aromatic carbocycles. The van der Waals surface area contributed by atoms with E-state index >= 15 is 0 Å². The Bertz CT molecular complexity index is 808. The van der Waals surface area contributed by atoms with Crippen LogP contribution in [0.4, 0.5) is 0 Å². The zero-order chi connectivity index (χ0) is 22.6. The molecule has 0 amide bonds. The van der Waals surface area contributed by atoms with Gasteiger partial charge in [-0.1, -0.05) is 48.9 Å². The van der Waals surface area contributed by atoms with Crippen LogP contribution in [0.2, 0.25) is 0 Å². The van der Waals surface area contributed by atoms with Gasteiger partial charge in [-0.2, -0.15) is 0 Å². The minimum absolute atomic E-state index is 0.0904. The number of benzene rings is 1. The van der Waals surface area contributed by atoms with Crippen LogP contribution in [0.3, 0.4) is 0 Å². The molecule has 1 fully saturated rings. The van der Waals surface area contributed by atoms with Crippen LogP contribution in [0.25, 0.3) is 6.08 Å². The second-order valence-electron chi connectivity index (χ2n) is 8.60. The molecule has 0 bridgehead atoms. The fraction of sp³-hybridized carbons (Fsp3) is 0.542. The SMILES string of the molecule is Cc1cc(C)c(C(=O)O)c(/C=C/C[C@@H]2OC(C)(C)O[C@@H]2C(O)/C=C\[C@@H](C)[C@H](C)O)c1. The first kappa shape index (κ1) is 24.3. The molecule has 166 valence electrons. The van der Waals surface area contributed by atoms with Crippen LogP contribution in [0.5, 0.6) is 0 Å². The first-order valence-electron chi connectivity index (χ1n) is 10.3. The van der Waals surface area contributed by atoms with E-state index in [0.29, 0.717) is 12.0 Å². The molecule has 1 unspecified atom stereocenters. The lowest BCUT2D eigenvalue weighted by atomic mass is 9.97. The Labute approximate surface area is 178 Å². The Balaban J connectivity index is 2.17. The molecule has 30 heavy (non-hydrogen) atoms. The second-order valence-corrected chi connectivity index (χ2v) is 8.60. The molecule has 1 heterocycles. The summed E-state index contributed by atoms with van der Waals surface area (Å²) in [6, 6.07) is 3.69. The summed E-state index contributed by atoms with van der Waals surface area (Å²) in [5, 5.41) is 29.8. The number of aliphatic hydroxyl groups is 2. The summed E-state index contributed by atoms with van der Waals surface area (Å²) >= 11 is 0. The molecule has 0 saturated carbocycles. The lowest BCUT2D eigenvalue weighted by Gasteiger charge is -2.20. The molecule has 5 atom stereocenters. The normalized spacial score (nSPS) is 24.4. The van der Waals surface area contributed by atoms with E-state index in [4.69, 9.17) is 9.47 Å². The van der Waals surface area contributed by atoms with Gasteiger partial charge in [0.2, 0.25) is 0 Å². The van der Waals surface area contributed by atoms with Gasteiger partial charge in [-0.25, -0.2) is 4.79 Å². The van der Waals surface area contributed by atoms with Gasteiger partial charge in [0, 0.05) is 0 Å². The molecule has 3 N–H and O–H groups in total.